The van der Waals surface area contributed by atoms with Gasteiger partial charge in [0.25, 0.3) is 0 Å². The molecule has 1 aromatic rings. The monoisotopic (exact) mass is 208 g/mol. The molecule has 1 unspecified atom stereocenters. The summed E-state index contributed by atoms with van der Waals surface area (Å²) >= 11 is 0. The van der Waals surface area contributed by atoms with Crippen molar-refractivity contribution in [3.8, 4) is 0 Å². The third-order valence-electron chi connectivity index (χ3n) is 2.59. The van der Waals surface area contributed by atoms with Gasteiger partial charge in [0, 0.05) is 18.5 Å². The molecule has 2 N–H and O–H groups in total. The number of carboxylic acid groups (broad SMARTS) is 1. The maximum atomic E-state index is 11.6. The number of nitrogens with zero attached hydrogens (tertiary/aromatic N) is 1. The largest absolute Gasteiger partial charge is 0.481 e. The van der Waals surface area contributed by atoms with E-state index < -0.39 is 5.97 Å². The molecular weight excluding hydrogens is 196 g/mol. The third kappa shape index (κ3) is 1.91. The van der Waals surface area contributed by atoms with Crippen LogP contribution in [0.15, 0.2) is 0 Å². The summed E-state index contributed by atoms with van der Waals surface area (Å²) < 4.78 is 0. The van der Waals surface area contributed by atoms with Crippen LogP contribution < -0.4 is 0 Å². The first-order chi connectivity index (χ1) is 7.06. The Bertz CT molecular complexity index is 422. The number of rotatable bonds is 2. The number of Topliss-reactive ketones (excluding diaryl/α,β-unsaturated/α-hetero) is 1. The second kappa shape index (κ2) is 3.49. The van der Waals surface area contributed by atoms with E-state index in [-0.39, 0.29) is 18.1 Å². The standard InChI is InChI=1S/C10H12N2O3/c1-5-11-7-2-6(4-9(14)15)3-8(13)10(7)12-5/h6H,2-4H2,1H3,(H,11,12)(H,14,15). The lowest BCUT2D eigenvalue weighted by molar-refractivity contribution is -0.138. The highest BCUT2D eigenvalue weighted by molar-refractivity contribution is 5.96. The fourth-order valence-corrected chi connectivity index (χ4v) is 2.03. The molecule has 0 spiro atoms. The van der Waals surface area contributed by atoms with Gasteiger partial charge in [0.15, 0.2) is 5.78 Å². The minimum absolute atomic E-state index is 0.0449. The predicted octanol–water partition coefficient (Wildman–Crippen LogP) is 0.938. The van der Waals surface area contributed by atoms with Gasteiger partial charge in [-0.25, -0.2) is 4.98 Å². The Morgan fingerprint density at radius 1 is 1.60 bits per heavy atom. The number of aliphatic carboxylic acids is 1. The summed E-state index contributed by atoms with van der Waals surface area (Å²) in [6.07, 6.45) is 0.945. The average Bonchev–Trinajstić information content (AvgIpc) is 2.44. The molecule has 0 radical (unpaired) electrons. The van der Waals surface area contributed by atoms with Gasteiger partial charge >= 0.3 is 5.97 Å². The third-order valence-corrected chi connectivity index (χ3v) is 2.59. The minimum Gasteiger partial charge on any atom is -0.481 e. The van der Waals surface area contributed by atoms with Crippen LogP contribution in [-0.4, -0.2) is 26.8 Å². The van der Waals surface area contributed by atoms with Crippen molar-refractivity contribution in [3.63, 3.8) is 0 Å². The fourth-order valence-electron chi connectivity index (χ4n) is 2.03. The molecular formula is C10H12N2O3. The first kappa shape index (κ1) is 9.89. The topological polar surface area (TPSA) is 83.1 Å². The van der Waals surface area contributed by atoms with Gasteiger partial charge in [0.05, 0.1) is 0 Å². The Hall–Kier alpha value is -1.65. The maximum absolute atomic E-state index is 11.6. The number of fused-ring (bicyclic) bond motifs is 1. The molecule has 1 heterocycles. The van der Waals surface area contributed by atoms with E-state index in [2.05, 4.69) is 9.97 Å². The van der Waals surface area contributed by atoms with Gasteiger partial charge < -0.3 is 10.1 Å². The van der Waals surface area contributed by atoms with Crippen LogP contribution in [0.1, 0.15) is 34.8 Å². The van der Waals surface area contributed by atoms with Crippen molar-refractivity contribution in [1.29, 1.82) is 0 Å². The zero-order chi connectivity index (χ0) is 11.0. The second-order valence-electron chi connectivity index (χ2n) is 3.94. The molecule has 0 aliphatic heterocycles. The molecule has 0 fully saturated rings. The van der Waals surface area contributed by atoms with E-state index in [1.54, 1.807) is 6.92 Å². The number of aryl methyl sites for hydroxylation is 1. The number of carbonyl (C=O) groups excluding carboxylic acids is 1. The van der Waals surface area contributed by atoms with Gasteiger partial charge in [-0.15, -0.1) is 0 Å². The van der Waals surface area contributed by atoms with Gasteiger partial charge in [-0.2, -0.15) is 0 Å². The first-order valence-corrected chi connectivity index (χ1v) is 4.86. The Labute approximate surface area is 86.5 Å². The lowest BCUT2D eigenvalue weighted by Gasteiger charge is -2.18. The van der Waals surface area contributed by atoms with E-state index in [1.165, 1.54) is 0 Å². The van der Waals surface area contributed by atoms with E-state index in [9.17, 15) is 9.59 Å². The Morgan fingerprint density at radius 2 is 2.33 bits per heavy atom. The Balaban J connectivity index is 2.22. The predicted molar refractivity (Wildman–Crippen MR) is 51.7 cm³/mol. The molecule has 0 amide bonds. The van der Waals surface area contributed by atoms with E-state index in [4.69, 9.17) is 5.11 Å². The van der Waals surface area contributed by atoms with Crippen molar-refractivity contribution in [2.75, 3.05) is 0 Å². The molecule has 2 rings (SSSR count). The Kier molecular flexibility index (Phi) is 2.30. The van der Waals surface area contributed by atoms with Gasteiger partial charge in [-0.05, 0) is 19.3 Å². The van der Waals surface area contributed by atoms with E-state index in [0.717, 1.165) is 5.69 Å². The number of imidazole rings is 1. The molecule has 1 aliphatic rings. The van der Waals surface area contributed by atoms with Crippen LogP contribution in [0.3, 0.4) is 0 Å². The number of hydrogen-bond donors (Lipinski definition) is 2. The zero-order valence-electron chi connectivity index (χ0n) is 8.41. The summed E-state index contributed by atoms with van der Waals surface area (Å²) in [6.45, 7) is 1.79. The quantitative estimate of drug-likeness (QED) is 0.757. The van der Waals surface area contributed by atoms with Crippen LogP contribution in [0.2, 0.25) is 0 Å². The molecule has 1 atom stereocenters. The normalized spacial score (nSPS) is 20.1. The van der Waals surface area contributed by atoms with Crippen LogP contribution in [-0.2, 0) is 11.2 Å². The first-order valence-electron chi connectivity index (χ1n) is 4.86. The highest BCUT2D eigenvalue weighted by Gasteiger charge is 2.29. The number of aromatic amines is 1. The van der Waals surface area contributed by atoms with E-state index >= 15 is 0 Å². The van der Waals surface area contributed by atoms with Crippen molar-refractivity contribution in [1.82, 2.24) is 9.97 Å². The lowest BCUT2D eigenvalue weighted by Crippen LogP contribution is -2.22. The number of carboxylic acids is 1. The van der Waals surface area contributed by atoms with Crippen molar-refractivity contribution in [3.05, 3.63) is 17.2 Å². The van der Waals surface area contributed by atoms with Gasteiger partial charge in [0.2, 0.25) is 0 Å². The summed E-state index contributed by atoms with van der Waals surface area (Å²) in [6, 6.07) is 0. The number of H-pyrrole nitrogens is 1. The molecule has 1 aromatic heterocycles. The van der Waals surface area contributed by atoms with Crippen molar-refractivity contribution in [2.24, 2.45) is 5.92 Å². The molecule has 5 nitrogen and oxygen atoms in total. The summed E-state index contributed by atoms with van der Waals surface area (Å²) in [5.41, 5.74) is 1.28. The van der Waals surface area contributed by atoms with Crippen LogP contribution in [0.4, 0.5) is 0 Å². The average molecular weight is 208 g/mol. The SMILES string of the molecule is Cc1nc2c([nH]1)CC(CC(=O)O)CC2=O. The zero-order valence-corrected chi connectivity index (χ0v) is 8.41. The van der Waals surface area contributed by atoms with Gasteiger partial charge in [-0.1, -0.05) is 0 Å². The second-order valence-corrected chi connectivity index (χ2v) is 3.94. The van der Waals surface area contributed by atoms with Crippen LogP contribution >= 0.6 is 0 Å². The lowest BCUT2D eigenvalue weighted by atomic mass is 9.87. The summed E-state index contributed by atoms with van der Waals surface area (Å²) in [7, 11) is 0. The molecule has 0 bridgehead atoms. The van der Waals surface area contributed by atoms with Gasteiger partial charge in [0.1, 0.15) is 11.5 Å². The molecule has 0 saturated carbocycles. The molecule has 0 aromatic carbocycles. The van der Waals surface area contributed by atoms with Crippen molar-refractivity contribution < 1.29 is 14.7 Å². The minimum atomic E-state index is -0.854. The smallest absolute Gasteiger partial charge is 0.303 e. The number of ketones is 1. The molecule has 0 saturated heterocycles. The van der Waals surface area contributed by atoms with Crippen LogP contribution in [0.5, 0.6) is 0 Å². The molecule has 80 valence electrons. The number of aromatic nitrogens is 2. The van der Waals surface area contributed by atoms with Crippen molar-refractivity contribution >= 4 is 11.8 Å². The summed E-state index contributed by atoms with van der Waals surface area (Å²) in [5, 5.41) is 8.67. The highest BCUT2D eigenvalue weighted by atomic mass is 16.4. The summed E-state index contributed by atoms with van der Waals surface area (Å²) in [4.78, 5) is 29.3. The Morgan fingerprint density at radius 3 is 3.00 bits per heavy atom. The number of nitrogens with one attached hydrogen (secondary N) is 1. The maximum Gasteiger partial charge on any atom is 0.303 e. The van der Waals surface area contributed by atoms with Gasteiger partial charge in [-0.3, -0.25) is 9.59 Å². The van der Waals surface area contributed by atoms with Crippen LogP contribution in [0.25, 0.3) is 0 Å². The van der Waals surface area contributed by atoms with E-state index in [1.807, 2.05) is 0 Å². The van der Waals surface area contributed by atoms with E-state index in [0.29, 0.717) is 24.4 Å². The number of hydrogen-bond acceptors (Lipinski definition) is 3. The summed E-state index contributed by atoms with van der Waals surface area (Å²) in [5.74, 6) is -0.286. The molecule has 15 heavy (non-hydrogen) atoms. The number of carbonyl (C=O) groups is 2. The molecule has 5 heteroatoms. The fraction of sp³-hybridized carbons (Fsp3) is 0.500. The molecule has 1 aliphatic carbocycles. The highest BCUT2D eigenvalue weighted by Crippen LogP contribution is 2.25. The van der Waals surface area contributed by atoms with Crippen molar-refractivity contribution in [2.45, 2.75) is 26.2 Å². The van der Waals surface area contributed by atoms with Crippen LogP contribution in [0, 0.1) is 12.8 Å².